The summed E-state index contributed by atoms with van der Waals surface area (Å²) in [4.78, 5) is 40.9. The summed E-state index contributed by atoms with van der Waals surface area (Å²) >= 11 is 0. The van der Waals surface area contributed by atoms with Crippen LogP contribution >= 0.6 is 13.5 Å². The molecule has 1 unspecified atom stereocenters. The third-order valence-electron chi connectivity index (χ3n) is 7.86. The van der Waals surface area contributed by atoms with Crippen molar-refractivity contribution in [1.82, 2.24) is 9.47 Å². The van der Waals surface area contributed by atoms with Crippen LogP contribution in [-0.4, -0.2) is 47.0 Å². The molecular formula is C35H46F2N2O4S. The number of aromatic nitrogens is 1. The minimum Gasteiger partial charge on any atom is -0.481 e. The molecule has 6 nitrogen and oxygen atoms in total. The van der Waals surface area contributed by atoms with Crippen molar-refractivity contribution in [3.8, 4) is 11.1 Å². The summed E-state index contributed by atoms with van der Waals surface area (Å²) in [6, 6.07) is 7.65. The first-order valence-corrected chi connectivity index (χ1v) is 14.8. The van der Waals surface area contributed by atoms with Gasteiger partial charge in [0, 0.05) is 25.1 Å². The number of Topliss-reactive ketones (excluding diaryl/α,β-unsaturated/α-hetero) is 1. The molecule has 0 aliphatic heterocycles. The molecule has 0 aliphatic carbocycles. The minimum atomic E-state index is -1.17. The third kappa shape index (κ3) is 9.11. The monoisotopic (exact) mass is 628 g/mol. The molecule has 0 spiro atoms. The number of aliphatic carboxylic acids is 1. The lowest BCUT2D eigenvalue weighted by atomic mass is 9.83. The Morgan fingerprint density at radius 1 is 0.932 bits per heavy atom. The maximum atomic E-state index is 15.8. The van der Waals surface area contributed by atoms with Crippen molar-refractivity contribution in [3.63, 3.8) is 0 Å². The second-order valence-corrected chi connectivity index (χ2v) is 12.5. The van der Waals surface area contributed by atoms with Crippen LogP contribution in [0.15, 0.2) is 41.3 Å². The van der Waals surface area contributed by atoms with Gasteiger partial charge < -0.3 is 14.6 Å². The second kappa shape index (κ2) is 15.6. The molecule has 1 aromatic heterocycles. The Bertz CT molecular complexity index is 1540. The highest BCUT2D eigenvalue weighted by Gasteiger charge is 2.30. The van der Waals surface area contributed by atoms with Crippen LogP contribution in [0.1, 0.15) is 78.5 Å². The normalized spacial score (nSPS) is 12.7. The first kappa shape index (κ1) is 36.9. The Kier molecular flexibility index (Phi) is 13.1. The zero-order chi connectivity index (χ0) is 32.2. The molecule has 1 N–H and O–H groups in total. The van der Waals surface area contributed by atoms with E-state index in [2.05, 4.69) is 0 Å². The summed E-state index contributed by atoms with van der Waals surface area (Å²) in [7, 11) is 3.77. The van der Waals surface area contributed by atoms with Crippen LogP contribution < -0.4 is 5.56 Å². The van der Waals surface area contributed by atoms with Gasteiger partial charge in [0.25, 0.3) is 5.56 Å². The fourth-order valence-electron chi connectivity index (χ4n) is 5.95. The maximum absolute atomic E-state index is 15.8. The third-order valence-corrected chi connectivity index (χ3v) is 7.86. The number of benzene rings is 2. The van der Waals surface area contributed by atoms with Crippen molar-refractivity contribution in [3.05, 3.63) is 91.9 Å². The van der Waals surface area contributed by atoms with E-state index in [0.29, 0.717) is 24.1 Å². The lowest BCUT2D eigenvalue weighted by Crippen LogP contribution is -2.33. The molecule has 0 amide bonds. The van der Waals surface area contributed by atoms with Crippen molar-refractivity contribution >= 4 is 25.2 Å². The van der Waals surface area contributed by atoms with E-state index in [1.54, 1.807) is 19.1 Å². The zero-order valence-electron chi connectivity index (χ0n) is 27.1. The first-order valence-electron chi connectivity index (χ1n) is 14.8. The van der Waals surface area contributed by atoms with E-state index in [1.807, 2.05) is 65.7 Å². The summed E-state index contributed by atoms with van der Waals surface area (Å²) in [5, 5.41) is 9.80. The van der Waals surface area contributed by atoms with Gasteiger partial charge in [-0.3, -0.25) is 14.4 Å². The molecule has 9 heteroatoms. The Morgan fingerprint density at radius 2 is 1.55 bits per heavy atom. The molecule has 240 valence electrons. The Morgan fingerprint density at radius 3 is 2.09 bits per heavy atom. The van der Waals surface area contributed by atoms with E-state index >= 15 is 4.39 Å². The molecule has 0 saturated carbocycles. The largest absolute Gasteiger partial charge is 0.481 e. The highest BCUT2D eigenvalue weighted by molar-refractivity contribution is 7.59. The van der Waals surface area contributed by atoms with Crippen LogP contribution in [0.2, 0.25) is 0 Å². The van der Waals surface area contributed by atoms with Gasteiger partial charge in [-0.15, -0.1) is 0 Å². The van der Waals surface area contributed by atoms with Crippen molar-refractivity contribution in [2.45, 2.75) is 79.2 Å². The number of hydrogen-bond donors (Lipinski definition) is 1. The van der Waals surface area contributed by atoms with Gasteiger partial charge >= 0.3 is 5.97 Å². The van der Waals surface area contributed by atoms with Gasteiger partial charge in [0.15, 0.2) is 11.6 Å². The highest BCUT2D eigenvalue weighted by Crippen LogP contribution is 2.36. The highest BCUT2D eigenvalue weighted by atomic mass is 32.1. The number of carboxylic acids is 1. The number of likely N-dealkylation sites (N-methyl/N-ethyl adjacent to an activating group) is 1. The van der Waals surface area contributed by atoms with E-state index in [1.165, 1.54) is 12.3 Å². The van der Waals surface area contributed by atoms with E-state index < -0.39 is 47.3 Å². The standard InChI is InChI=1S/C35H44F2N2O4.H2S/c1-20(2)11-30(39-19-25(9-10-38(7)8)15-29(36)35(39)43)31(40)17-26(18-32(41)42)28-16-27(14-24(6)34(28)37)33-22(4)12-21(3)13-23(33)5;/h12-16,19-20,26,30H,9-11,17-18H2,1-8H3,(H,41,42);1H2/t26-,30?;/m0./s1. The van der Waals surface area contributed by atoms with E-state index in [4.69, 9.17) is 0 Å². The molecular weight excluding hydrogens is 582 g/mol. The average molecular weight is 629 g/mol. The van der Waals surface area contributed by atoms with Gasteiger partial charge in [-0.2, -0.15) is 13.5 Å². The van der Waals surface area contributed by atoms with Crippen LogP contribution in [0.3, 0.4) is 0 Å². The molecule has 3 rings (SSSR count). The molecule has 0 aliphatic rings. The predicted molar refractivity (Wildman–Crippen MR) is 177 cm³/mol. The van der Waals surface area contributed by atoms with Crippen LogP contribution in [0, 0.1) is 45.2 Å². The maximum Gasteiger partial charge on any atom is 0.303 e. The molecule has 3 aromatic rings. The zero-order valence-corrected chi connectivity index (χ0v) is 28.1. The van der Waals surface area contributed by atoms with Gasteiger partial charge in [0.05, 0.1) is 12.5 Å². The molecule has 1 heterocycles. The summed E-state index contributed by atoms with van der Waals surface area (Å²) in [5.74, 6) is -4.12. The van der Waals surface area contributed by atoms with Crippen molar-refractivity contribution in [1.29, 1.82) is 0 Å². The Hall–Kier alpha value is -3.30. The predicted octanol–water partition coefficient (Wildman–Crippen LogP) is 7.05. The average Bonchev–Trinajstić information content (AvgIpc) is 2.88. The number of ketones is 1. The number of rotatable bonds is 13. The van der Waals surface area contributed by atoms with Crippen molar-refractivity contribution in [2.24, 2.45) is 5.92 Å². The molecule has 0 fully saturated rings. The van der Waals surface area contributed by atoms with Gasteiger partial charge in [0.2, 0.25) is 0 Å². The van der Waals surface area contributed by atoms with Crippen LogP contribution in [0.4, 0.5) is 8.78 Å². The molecule has 44 heavy (non-hydrogen) atoms. The Labute approximate surface area is 266 Å². The molecule has 0 saturated heterocycles. The summed E-state index contributed by atoms with van der Waals surface area (Å²) in [5.41, 5.74) is 4.96. The van der Waals surface area contributed by atoms with Gasteiger partial charge in [-0.25, -0.2) is 8.78 Å². The van der Waals surface area contributed by atoms with E-state index in [9.17, 15) is 23.9 Å². The fourth-order valence-corrected chi connectivity index (χ4v) is 5.95. The molecule has 2 aromatic carbocycles. The first-order chi connectivity index (χ1) is 20.1. The SMILES string of the molecule is Cc1cc(C)c(-c2cc(C)c(F)c([C@H](CC(=O)O)CC(=O)C(CC(C)C)n3cc(CCN(C)C)cc(F)c3=O)c2)c(C)c1.S. The summed E-state index contributed by atoms with van der Waals surface area (Å²) < 4.78 is 31.7. The number of halogens is 2. The number of pyridine rings is 1. The van der Waals surface area contributed by atoms with Crippen molar-refractivity contribution < 1.29 is 23.5 Å². The van der Waals surface area contributed by atoms with Gasteiger partial charge in [-0.05, 0) is 118 Å². The van der Waals surface area contributed by atoms with E-state index in [-0.39, 0.29) is 37.8 Å². The lowest BCUT2D eigenvalue weighted by molar-refractivity contribution is -0.137. The summed E-state index contributed by atoms with van der Waals surface area (Å²) in [6.45, 7) is 12.0. The number of carbonyl (C=O) groups excluding carboxylic acids is 1. The van der Waals surface area contributed by atoms with Crippen LogP contribution in [0.5, 0.6) is 0 Å². The van der Waals surface area contributed by atoms with Gasteiger partial charge in [0.1, 0.15) is 5.82 Å². The Balaban J connectivity index is 0.00000675. The van der Waals surface area contributed by atoms with E-state index in [0.717, 1.165) is 32.4 Å². The summed E-state index contributed by atoms with van der Waals surface area (Å²) in [6.07, 6.45) is 1.46. The number of nitrogens with zero attached hydrogens (tertiary/aromatic N) is 2. The fraction of sp³-hybridized carbons (Fsp3) is 0.457. The molecule has 2 atom stereocenters. The smallest absolute Gasteiger partial charge is 0.303 e. The number of aryl methyl sites for hydroxylation is 4. The van der Waals surface area contributed by atoms with Crippen LogP contribution in [0.25, 0.3) is 11.1 Å². The molecule has 0 bridgehead atoms. The topological polar surface area (TPSA) is 79.6 Å². The number of carboxylic acid groups (broad SMARTS) is 1. The quantitative estimate of drug-likeness (QED) is 0.220. The number of carbonyl (C=O) groups is 2. The second-order valence-electron chi connectivity index (χ2n) is 12.5. The minimum absolute atomic E-state index is 0. The van der Waals surface area contributed by atoms with Crippen LogP contribution in [-0.2, 0) is 16.0 Å². The van der Waals surface area contributed by atoms with Gasteiger partial charge in [-0.1, -0.05) is 31.5 Å². The lowest BCUT2D eigenvalue weighted by Gasteiger charge is -2.25. The molecule has 0 radical (unpaired) electrons. The number of hydrogen-bond acceptors (Lipinski definition) is 4. The van der Waals surface area contributed by atoms with Crippen molar-refractivity contribution in [2.75, 3.05) is 20.6 Å².